The van der Waals surface area contributed by atoms with Crippen molar-refractivity contribution >= 4 is 6.09 Å². The summed E-state index contributed by atoms with van der Waals surface area (Å²) in [5.74, 6) is 0.356. The summed E-state index contributed by atoms with van der Waals surface area (Å²) in [5.41, 5.74) is 1.88. The van der Waals surface area contributed by atoms with Crippen LogP contribution in [0.5, 0.6) is 0 Å². The van der Waals surface area contributed by atoms with E-state index in [1.54, 1.807) is 6.20 Å². The van der Waals surface area contributed by atoms with E-state index in [1.807, 2.05) is 12.1 Å². The summed E-state index contributed by atoms with van der Waals surface area (Å²) in [5, 5.41) is 10.8. The Morgan fingerprint density at radius 3 is 2.93 bits per heavy atom. The Labute approximate surface area is 83.0 Å². The molecule has 2 N–H and O–H groups in total. The molecule has 0 radical (unpaired) electrons. The second kappa shape index (κ2) is 4.60. The number of hydrogen-bond acceptors (Lipinski definition) is 2. The number of nitrogens with zero attached hydrogens (tertiary/aromatic N) is 1. The molecule has 0 saturated heterocycles. The van der Waals surface area contributed by atoms with Gasteiger partial charge in [-0.25, -0.2) is 4.79 Å². The highest BCUT2D eigenvalue weighted by Gasteiger charge is 2.07. The average molecular weight is 194 g/mol. The maximum Gasteiger partial charge on any atom is 0.404 e. The van der Waals surface area contributed by atoms with Gasteiger partial charge in [0.05, 0.1) is 12.2 Å². The van der Waals surface area contributed by atoms with Crippen molar-refractivity contribution in [2.45, 2.75) is 26.3 Å². The number of amides is 1. The Kier molecular flexibility index (Phi) is 3.45. The summed E-state index contributed by atoms with van der Waals surface area (Å²) in [4.78, 5) is 14.5. The van der Waals surface area contributed by atoms with Crippen molar-refractivity contribution in [2.75, 3.05) is 0 Å². The molecule has 0 unspecified atom stereocenters. The van der Waals surface area contributed by atoms with Gasteiger partial charge in [0.15, 0.2) is 0 Å². The Balaban J connectivity index is 2.79. The lowest BCUT2D eigenvalue weighted by molar-refractivity contribution is 0.193. The fourth-order valence-corrected chi connectivity index (χ4v) is 1.28. The number of carbonyl (C=O) groups is 1. The van der Waals surface area contributed by atoms with Crippen molar-refractivity contribution in [1.82, 2.24) is 10.3 Å². The Hall–Kier alpha value is -1.58. The van der Waals surface area contributed by atoms with Crippen LogP contribution in [0.15, 0.2) is 18.3 Å². The molecule has 1 aromatic heterocycles. The first-order chi connectivity index (χ1) is 6.61. The minimum absolute atomic E-state index is 0.268. The molecule has 0 fully saturated rings. The standard InChI is InChI=1S/C10H14N2O2/c1-7(2)8-4-3-5-11-9(8)6-12-10(13)14/h3-5,7,12H,6H2,1-2H3,(H,13,14). The number of nitrogens with one attached hydrogen (secondary N) is 1. The zero-order chi connectivity index (χ0) is 10.6. The number of hydrogen-bond donors (Lipinski definition) is 2. The van der Waals surface area contributed by atoms with Gasteiger partial charge in [0.25, 0.3) is 0 Å². The smallest absolute Gasteiger partial charge is 0.404 e. The number of carboxylic acid groups (broad SMARTS) is 1. The number of rotatable bonds is 3. The van der Waals surface area contributed by atoms with Crippen LogP contribution in [0.25, 0.3) is 0 Å². The van der Waals surface area contributed by atoms with Crippen LogP contribution in [0, 0.1) is 0 Å². The molecule has 0 aliphatic rings. The minimum Gasteiger partial charge on any atom is -0.465 e. The van der Waals surface area contributed by atoms with Gasteiger partial charge < -0.3 is 10.4 Å². The molecule has 76 valence electrons. The fourth-order valence-electron chi connectivity index (χ4n) is 1.28. The normalized spacial score (nSPS) is 10.2. The van der Waals surface area contributed by atoms with Crippen LogP contribution in [0.3, 0.4) is 0 Å². The van der Waals surface area contributed by atoms with Crippen molar-refractivity contribution in [3.63, 3.8) is 0 Å². The largest absolute Gasteiger partial charge is 0.465 e. The highest BCUT2D eigenvalue weighted by molar-refractivity contribution is 5.64. The molecule has 14 heavy (non-hydrogen) atoms. The molecule has 0 aromatic carbocycles. The Morgan fingerprint density at radius 2 is 2.36 bits per heavy atom. The Morgan fingerprint density at radius 1 is 1.64 bits per heavy atom. The summed E-state index contributed by atoms with van der Waals surface area (Å²) in [6.45, 7) is 4.38. The van der Waals surface area contributed by atoms with E-state index in [-0.39, 0.29) is 6.54 Å². The number of aromatic nitrogens is 1. The van der Waals surface area contributed by atoms with Gasteiger partial charge in [-0.05, 0) is 17.5 Å². The predicted octanol–water partition coefficient (Wildman–Crippen LogP) is 1.97. The maximum absolute atomic E-state index is 10.3. The second-order valence-corrected chi connectivity index (χ2v) is 3.35. The van der Waals surface area contributed by atoms with Gasteiger partial charge in [-0.15, -0.1) is 0 Å². The molecular weight excluding hydrogens is 180 g/mol. The first kappa shape index (κ1) is 10.5. The molecule has 1 rings (SSSR count). The van der Waals surface area contributed by atoms with Gasteiger partial charge in [0.2, 0.25) is 0 Å². The maximum atomic E-state index is 10.3. The van der Waals surface area contributed by atoms with E-state index >= 15 is 0 Å². The Bertz CT molecular complexity index is 324. The van der Waals surface area contributed by atoms with Crippen LogP contribution in [0.1, 0.15) is 31.0 Å². The van der Waals surface area contributed by atoms with Gasteiger partial charge in [-0.3, -0.25) is 4.98 Å². The van der Waals surface area contributed by atoms with Crippen LogP contribution in [-0.4, -0.2) is 16.2 Å². The summed E-state index contributed by atoms with van der Waals surface area (Å²) >= 11 is 0. The quantitative estimate of drug-likeness (QED) is 0.773. The predicted molar refractivity (Wildman–Crippen MR) is 53.2 cm³/mol. The zero-order valence-electron chi connectivity index (χ0n) is 8.32. The molecule has 1 amide bonds. The van der Waals surface area contributed by atoms with Crippen molar-refractivity contribution in [2.24, 2.45) is 0 Å². The third-order valence-corrected chi connectivity index (χ3v) is 1.95. The van der Waals surface area contributed by atoms with Crippen molar-refractivity contribution in [1.29, 1.82) is 0 Å². The summed E-state index contributed by atoms with van der Waals surface area (Å²) in [6, 6.07) is 3.83. The van der Waals surface area contributed by atoms with Crippen LogP contribution in [0.2, 0.25) is 0 Å². The topological polar surface area (TPSA) is 62.2 Å². The minimum atomic E-state index is -1.02. The lowest BCUT2D eigenvalue weighted by atomic mass is 10.0. The number of pyridine rings is 1. The molecule has 0 bridgehead atoms. The van der Waals surface area contributed by atoms with Gasteiger partial charge in [0, 0.05) is 6.20 Å². The van der Waals surface area contributed by atoms with E-state index in [1.165, 1.54) is 0 Å². The van der Waals surface area contributed by atoms with Crippen LogP contribution >= 0.6 is 0 Å². The highest BCUT2D eigenvalue weighted by Crippen LogP contribution is 2.16. The molecule has 4 nitrogen and oxygen atoms in total. The summed E-state index contributed by atoms with van der Waals surface area (Å²) < 4.78 is 0. The molecule has 1 heterocycles. The SMILES string of the molecule is CC(C)c1cccnc1CNC(=O)O. The van der Waals surface area contributed by atoms with Crippen LogP contribution in [-0.2, 0) is 6.54 Å². The van der Waals surface area contributed by atoms with E-state index in [4.69, 9.17) is 5.11 Å². The van der Waals surface area contributed by atoms with E-state index in [0.29, 0.717) is 5.92 Å². The molecular formula is C10H14N2O2. The van der Waals surface area contributed by atoms with Crippen LogP contribution < -0.4 is 5.32 Å². The van der Waals surface area contributed by atoms with Crippen molar-refractivity contribution in [3.05, 3.63) is 29.6 Å². The van der Waals surface area contributed by atoms with Gasteiger partial charge in [-0.2, -0.15) is 0 Å². The van der Waals surface area contributed by atoms with Gasteiger partial charge in [0.1, 0.15) is 0 Å². The van der Waals surface area contributed by atoms with E-state index in [9.17, 15) is 4.79 Å². The van der Waals surface area contributed by atoms with E-state index in [2.05, 4.69) is 24.1 Å². The van der Waals surface area contributed by atoms with Crippen molar-refractivity contribution < 1.29 is 9.90 Å². The first-order valence-corrected chi connectivity index (χ1v) is 4.52. The molecule has 0 atom stereocenters. The molecule has 0 aliphatic carbocycles. The molecule has 0 aliphatic heterocycles. The molecule has 1 aromatic rings. The third kappa shape index (κ3) is 2.73. The average Bonchev–Trinajstić information content (AvgIpc) is 2.15. The third-order valence-electron chi connectivity index (χ3n) is 1.95. The van der Waals surface area contributed by atoms with E-state index < -0.39 is 6.09 Å². The van der Waals surface area contributed by atoms with Gasteiger partial charge >= 0.3 is 6.09 Å². The monoisotopic (exact) mass is 194 g/mol. The lowest BCUT2D eigenvalue weighted by Crippen LogP contribution is -2.21. The lowest BCUT2D eigenvalue weighted by Gasteiger charge is -2.10. The van der Waals surface area contributed by atoms with Gasteiger partial charge in [-0.1, -0.05) is 19.9 Å². The molecule has 0 saturated carbocycles. The second-order valence-electron chi connectivity index (χ2n) is 3.35. The van der Waals surface area contributed by atoms with E-state index in [0.717, 1.165) is 11.3 Å². The fraction of sp³-hybridized carbons (Fsp3) is 0.400. The molecule has 0 spiro atoms. The van der Waals surface area contributed by atoms with Crippen molar-refractivity contribution in [3.8, 4) is 0 Å². The zero-order valence-corrected chi connectivity index (χ0v) is 8.32. The molecule has 4 heteroatoms. The first-order valence-electron chi connectivity index (χ1n) is 4.52. The summed E-state index contributed by atoms with van der Waals surface area (Å²) in [7, 11) is 0. The summed E-state index contributed by atoms with van der Waals surface area (Å²) in [6.07, 6.45) is 0.649. The van der Waals surface area contributed by atoms with Crippen LogP contribution in [0.4, 0.5) is 4.79 Å². The highest BCUT2D eigenvalue weighted by atomic mass is 16.4.